The van der Waals surface area contributed by atoms with E-state index in [2.05, 4.69) is 10.3 Å². The van der Waals surface area contributed by atoms with Gasteiger partial charge in [-0.15, -0.1) is 0 Å². The topological polar surface area (TPSA) is 71.5 Å². The van der Waals surface area contributed by atoms with Gasteiger partial charge < -0.3 is 15.2 Å². The molecular weight excluding hydrogens is 251 g/mol. The highest BCUT2D eigenvalue weighted by molar-refractivity contribution is 5.88. The summed E-state index contributed by atoms with van der Waals surface area (Å²) >= 11 is 0. The van der Waals surface area contributed by atoms with E-state index in [0.29, 0.717) is 17.3 Å². The molecule has 2 rings (SSSR count). The zero-order valence-corrected chi connectivity index (χ0v) is 10.1. The first kappa shape index (κ1) is 12.8. The summed E-state index contributed by atoms with van der Waals surface area (Å²) in [5, 5.41) is 11.8. The summed E-state index contributed by atoms with van der Waals surface area (Å²) in [6, 6.07) is 6.75. The third-order valence-corrected chi connectivity index (χ3v) is 2.43. The summed E-state index contributed by atoms with van der Waals surface area (Å²) < 4.78 is 18.1. The molecule has 19 heavy (non-hydrogen) atoms. The Morgan fingerprint density at radius 1 is 1.37 bits per heavy atom. The van der Waals surface area contributed by atoms with E-state index in [1.165, 1.54) is 43.6 Å². The second kappa shape index (κ2) is 5.34. The number of methoxy groups -OCH3 is 1. The van der Waals surface area contributed by atoms with E-state index >= 15 is 0 Å². The molecule has 0 saturated carbocycles. The lowest BCUT2D eigenvalue weighted by molar-refractivity contribution is 0.0697. The van der Waals surface area contributed by atoms with Crippen molar-refractivity contribution in [3.05, 3.63) is 47.9 Å². The summed E-state index contributed by atoms with van der Waals surface area (Å²) in [5.74, 6) is -0.821. The van der Waals surface area contributed by atoms with E-state index in [4.69, 9.17) is 9.84 Å². The maximum Gasteiger partial charge on any atom is 0.335 e. The standard InChI is InChI=1S/C13H11FN2O3/c1-19-11-7-9(14)2-3-10(11)16-12-6-8(13(17)18)4-5-15-12/h2-7H,1H3,(H,15,16)(H,17,18). The van der Waals surface area contributed by atoms with E-state index in [9.17, 15) is 9.18 Å². The van der Waals surface area contributed by atoms with E-state index in [1.807, 2.05) is 0 Å². The second-order valence-corrected chi connectivity index (χ2v) is 3.70. The van der Waals surface area contributed by atoms with Gasteiger partial charge in [-0.3, -0.25) is 0 Å². The highest BCUT2D eigenvalue weighted by atomic mass is 19.1. The number of hydrogen-bond donors (Lipinski definition) is 2. The number of carboxylic acid groups (broad SMARTS) is 1. The summed E-state index contributed by atoms with van der Waals surface area (Å²) in [6.45, 7) is 0. The highest BCUT2D eigenvalue weighted by Gasteiger charge is 2.08. The van der Waals surface area contributed by atoms with Crippen molar-refractivity contribution in [3.63, 3.8) is 0 Å². The van der Waals surface area contributed by atoms with Gasteiger partial charge in [0.2, 0.25) is 0 Å². The fraction of sp³-hybridized carbons (Fsp3) is 0.0769. The Morgan fingerprint density at radius 2 is 2.16 bits per heavy atom. The largest absolute Gasteiger partial charge is 0.494 e. The molecule has 1 aromatic heterocycles. The van der Waals surface area contributed by atoms with Gasteiger partial charge in [0.1, 0.15) is 17.4 Å². The average Bonchev–Trinajstić information content (AvgIpc) is 2.41. The summed E-state index contributed by atoms with van der Waals surface area (Å²) in [6.07, 6.45) is 1.38. The van der Waals surface area contributed by atoms with E-state index in [0.717, 1.165) is 0 Å². The number of aromatic nitrogens is 1. The molecule has 0 unspecified atom stereocenters. The number of anilines is 2. The van der Waals surface area contributed by atoms with Crippen LogP contribution in [-0.2, 0) is 0 Å². The molecule has 0 radical (unpaired) electrons. The monoisotopic (exact) mass is 262 g/mol. The number of pyridine rings is 1. The Hall–Kier alpha value is -2.63. The Labute approximate surface area is 108 Å². The molecule has 1 heterocycles. The van der Waals surface area contributed by atoms with E-state index in [-0.39, 0.29) is 5.56 Å². The van der Waals surface area contributed by atoms with Crippen LogP contribution in [0.3, 0.4) is 0 Å². The maximum atomic E-state index is 13.0. The first-order valence-electron chi connectivity index (χ1n) is 5.40. The average molecular weight is 262 g/mol. The van der Waals surface area contributed by atoms with Gasteiger partial charge in [-0.2, -0.15) is 0 Å². The molecule has 0 aliphatic heterocycles. The van der Waals surface area contributed by atoms with E-state index < -0.39 is 11.8 Å². The molecule has 0 atom stereocenters. The van der Waals surface area contributed by atoms with Crippen LogP contribution >= 0.6 is 0 Å². The van der Waals surface area contributed by atoms with Crippen molar-refractivity contribution in [2.75, 3.05) is 12.4 Å². The van der Waals surface area contributed by atoms with Gasteiger partial charge in [-0.25, -0.2) is 14.2 Å². The maximum absolute atomic E-state index is 13.0. The van der Waals surface area contributed by atoms with Gasteiger partial charge in [-0.1, -0.05) is 0 Å². The molecule has 0 aliphatic carbocycles. The summed E-state index contributed by atoms with van der Waals surface area (Å²) in [4.78, 5) is 14.8. The van der Waals surface area contributed by atoms with Crippen LogP contribution in [0.4, 0.5) is 15.9 Å². The molecule has 0 spiro atoms. The lowest BCUT2D eigenvalue weighted by Gasteiger charge is -2.10. The number of carboxylic acids is 1. The zero-order valence-electron chi connectivity index (χ0n) is 10.1. The summed E-state index contributed by atoms with van der Waals surface area (Å²) in [7, 11) is 1.42. The van der Waals surface area contributed by atoms with Gasteiger partial charge in [-0.05, 0) is 24.3 Å². The van der Waals surface area contributed by atoms with Crippen LogP contribution in [0.25, 0.3) is 0 Å². The fourth-order valence-corrected chi connectivity index (χ4v) is 1.54. The Morgan fingerprint density at radius 3 is 2.84 bits per heavy atom. The lowest BCUT2D eigenvalue weighted by atomic mass is 10.2. The van der Waals surface area contributed by atoms with Crippen molar-refractivity contribution in [2.24, 2.45) is 0 Å². The van der Waals surface area contributed by atoms with Crippen LogP contribution in [0.15, 0.2) is 36.5 Å². The summed E-state index contributed by atoms with van der Waals surface area (Å²) in [5.41, 5.74) is 0.609. The Kier molecular flexibility index (Phi) is 3.61. The van der Waals surface area contributed by atoms with Crippen LogP contribution in [0.5, 0.6) is 5.75 Å². The van der Waals surface area contributed by atoms with Gasteiger partial charge in [0, 0.05) is 12.3 Å². The smallest absolute Gasteiger partial charge is 0.335 e. The number of rotatable bonds is 4. The van der Waals surface area contributed by atoms with Crippen molar-refractivity contribution in [3.8, 4) is 5.75 Å². The Balaban J connectivity index is 2.30. The molecule has 5 nitrogen and oxygen atoms in total. The molecule has 0 saturated heterocycles. The number of hydrogen-bond acceptors (Lipinski definition) is 4. The van der Waals surface area contributed by atoms with Crippen molar-refractivity contribution in [2.45, 2.75) is 0 Å². The number of aromatic carboxylic acids is 1. The highest BCUT2D eigenvalue weighted by Crippen LogP contribution is 2.27. The van der Waals surface area contributed by atoms with Crippen molar-refractivity contribution in [1.29, 1.82) is 0 Å². The first-order valence-corrected chi connectivity index (χ1v) is 5.40. The van der Waals surface area contributed by atoms with Crippen molar-refractivity contribution < 1.29 is 19.0 Å². The number of nitrogens with one attached hydrogen (secondary N) is 1. The molecule has 0 aliphatic rings. The normalized spacial score (nSPS) is 10.0. The molecule has 0 amide bonds. The van der Waals surface area contributed by atoms with Crippen LogP contribution < -0.4 is 10.1 Å². The predicted molar refractivity (Wildman–Crippen MR) is 67.4 cm³/mol. The predicted octanol–water partition coefficient (Wildman–Crippen LogP) is 2.67. The van der Waals surface area contributed by atoms with Crippen LogP contribution in [0.2, 0.25) is 0 Å². The van der Waals surface area contributed by atoms with E-state index in [1.54, 1.807) is 0 Å². The first-order chi connectivity index (χ1) is 9.10. The van der Waals surface area contributed by atoms with Crippen LogP contribution in [-0.4, -0.2) is 23.2 Å². The quantitative estimate of drug-likeness (QED) is 0.886. The molecular formula is C13H11FN2O3. The van der Waals surface area contributed by atoms with Gasteiger partial charge in [0.15, 0.2) is 0 Å². The molecule has 0 fully saturated rings. The molecule has 2 aromatic rings. The third kappa shape index (κ3) is 2.98. The minimum absolute atomic E-state index is 0.110. The molecule has 0 bridgehead atoms. The fourth-order valence-electron chi connectivity index (χ4n) is 1.54. The SMILES string of the molecule is COc1cc(F)ccc1Nc1cc(C(=O)O)ccn1. The van der Waals surface area contributed by atoms with Crippen molar-refractivity contribution >= 4 is 17.5 Å². The zero-order chi connectivity index (χ0) is 13.8. The third-order valence-electron chi connectivity index (χ3n) is 2.43. The Bertz CT molecular complexity index is 617. The number of ether oxygens (including phenoxy) is 1. The number of benzene rings is 1. The minimum Gasteiger partial charge on any atom is -0.494 e. The molecule has 1 aromatic carbocycles. The number of carbonyl (C=O) groups is 1. The van der Waals surface area contributed by atoms with Crippen molar-refractivity contribution in [1.82, 2.24) is 4.98 Å². The molecule has 98 valence electrons. The van der Waals surface area contributed by atoms with Gasteiger partial charge in [0.25, 0.3) is 0 Å². The minimum atomic E-state index is -1.04. The lowest BCUT2D eigenvalue weighted by Crippen LogP contribution is -2.01. The number of halogens is 1. The molecule has 6 heteroatoms. The molecule has 2 N–H and O–H groups in total. The van der Waals surface area contributed by atoms with Gasteiger partial charge >= 0.3 is 5.97 Å². The van der Waals surface area contributed by atoms with Crippen LogP contribution in [0, 0.1) is 5.82 Å². The second-order valence-electron chi connectivity index (χ2n) is 3.70. The van der Waals surface area contributed by atoms with Crippen LogP contribution in [0.1, 0.15) is 10.4 Å². The number of nitrogens with zero attached hydrogens (tertiary/aromatic N) is 1. The van der Waals surface area contributed by atoms with Gasteiger partial charge in [0.05, 0.1) is 18.4 Å².